The molecule has 1 saturated heterocycles. The average Bonchev–Trinajstić information content (AvgIpc) is 2.72. The van der Waals surface area contributed by atoms with Gasteiger partial charge in [-0.3, -0.25) is 4.90 Å². The lowest BCUT2D eigenvalue weighted by atomic mass is 10.1. The highest BCUT2D eigenvalue weighted by molar-refractivity contribution is 5.41. The van der Waals surface area contributed by atoms with Crippen molar-refractivity contribution >= 4 is 5.69 Å². The largest absolute Gasteiger partial charge is 0.396 e. The number of ether oxygens (including phenoxy) is 1. The minimum Gasteiger partial charge on any atom is -0.396 e. The Morgan fingerprint density at radius 1 is 1.53 bits per heavy atom. The highest BCUT2D eigenvalue weighted by Crippen LogP contribution is 2.20. The van der Waals surface area contributed by atoms with Gasteiger partial charge in [-0.25, -0.2) is 4.39 Å². The lowest BCUT2D eigenvalue weighted by Crippen LogP contribution is -2.21. The van der Waals surface area contributed by atoms with Gasteiger partial charge in [0.05, 0.1) is 12.3 Å². The summed E-state index contributed by atoms with van der Waals surface area (Å²) in [6.07, 6.45) is 1.16. The second-order valence-electron chi connectivity index (χ2n) is 4.70. The molecule has 0 aliphatic carbocycles. The van der Waals surface area contributed by atoms with Crippen molar-refractivity contribution < 1.29 is 9.13 Å². The van der Waals surface area contributed by atoms with E-state index in [9.17, 15) is 4.39 Å². The molecule has 0 spiro atoms. The second kappa shape index (κ2) is 5.47. The van der Waals surface area contributed by atoms with E-state index in [1.165, 1.54) is 6.07 Å². The first-order valence-corrected chi connectivity index (χ1v) is 5.94. The molecule has 1 aromatic carbocycles. The highest BCUT2D eigenvalue weighted by Gasteiger charge is 2.22. The lowest BCUT2D eigenvalue weighted by molar-refractivity contribution is 0.152. The number of nitrogens with two attached hydrogens (primary N) is 1. The Morgan fingerprint density at radius 2 is 2.35 bits per heavy atom. The topological polar surface area (TPSA) is 38.5 Å². The molecular formula is C13H19FN2O. The smallest absolute Gasteiger partial charge is 0.146 e. The molecule has 4 heteroatoms. The summed E-state index contributed by atoms with van der Waals surface area (Å²) in [5.41, 5.74) is 6.65. The van der Waals surface area contributed by atoms with Crippen LogP contribution in [0.3, 0.4) is 0 Å². The normalized spacial score (nSPS) is 20.9. The molecule has 0 saturated carbocycles. The molecule has 2 N–H and O–H groups in total. The molecule has 1 heterocycles. The van der Waals surface area contributed by atoms with E-state index in [0.29, 0.717) is 5.92 Å². The van der Waals surface area contributed by atoms with Crippen LogP contribution in [0, 0.1) is 11.7 Å². The molecule has 3 nitrogen and oxygen atoms in total. The van der Waals surface area contributed by atoms with Crippen molar-refractivity contribution in [1.82, 2.24) is 4.90 Å². The maximum Gasteiger partial charge on any atom is 0.146 e. The van der Waals surface area contributed by atoms with Crippen LogP contribution in [0.5, 0.6) is 0 Å². The van der Waals surface area contributed by atoms with E-state index in [1.807, 2.05) is 6.07 Å². The number of nitrogens with zero attached hydrogens (tertiary/aromatic N) is 1. The molecule has 1 unspecified atom stereocenters. The standard InChI is InChI=1S/C13H19FN2O/c1-17-9-11-4-5-16(8-11)7-10-2-3-13(15)12(14)6-10/h2-3,6,11H,4-5,7-9,15H2,1H3. The number of methoxy groups -OCH3 is 1. The molecule has 1 aliphatic rings. The van der Waals surface area contributed by atoms with Crippen LogP contribution in [0.4, 0.5) is 10.1 Å². The number of likely N-dealkylation sites (tertiary alicyclic amines) is 1. The molecule has 17 heavy (non-hydrogen) atoms. The Balaban J connectivity index is 1.91. The lowest BCUT2D eigenvalue weighted by Gasteiger charge is -2.16. The van der Waals surface area contributed by atoms with Crippen LogP contribution in [0.1, 0.15) is 12.0 Å². The van der Waals surface area contributed by atoms with Crippen LogP contribution in [0.15, 0.2) is 18.2 Å². The van der Waals surface area contributed by atoms with Crippen molar-refractivity contribution in [3.63, 3.8) is 0 Å². The fraction of sp³-hybridized carbons (Fsp3) is 0.538. The van der Waals surface area contributed by atoms with Gasteiger partial charge in [0, 0.05) is 20.2 Å². The van der Waals surface area contributed by atoms with Crippen LogP contribution in [0.2, 0.25) is 0 Å². The molecule has 0 aromatic heterocycles. The van der Waals surface area contributed by atoms with Crippen molar-refractivity contribution in [2.75, 3.05) is 32.5 Å². The van der Waals surface area contributed by atoms with Crippen molar-refractivity contribution in [3.05, 3.63) is 29.6 Å². The number of hydrogen-bond acceptors (Lipinski definition) is 3. The Morgan fingerprint density at radius 3 is 3.06 bits per heavy atom. The summed E-state index contributed by atoms with van der Waals surface area (Å²) in [4.78, 5) is 2.33. The predicted molar refractivity (Wildman–Crippen MR) is 66.1 cm³/mol. The summed E-state index contributed by atoms with van der Waals surface area (Å²) in [6.45, 7) is 3.68. The van der Waals surface area contributed by atoms with E-state index in [1.54, 1.807) is 13.2 Å². The van der Waals surface area contributed by atoms with Gasteiger partial charge in [0.2, 0.25) is 0 Å². The van der Waals surface area contributed by atoms with Crippen molar-refractivity contribution in [3.8, 4) is 0 Å². The third kappa shape index (κ3) is 3.17. The highest BCUT2D eigenvalue weighted by atomic mass is 19.1. The van der Waals surface area contributed by atoms with E-state index >= 15 is 0 Å². The molecule has 1 aliphatic heterocycles. The van der Waals surface area contributed by atoms with E-state index < -0.39 is 0 Å². The third-order valence-electron chi connectivity index (χ3n) is 3.24. The van der Waals surface area contributed by atoms with Gasteiger partial charge in [-0.2, -0.15) is 0 Å². The van der Waals surface area contributed by atoms with Gasteiger partial charge in [-0.15, -0.1) is 0 Å². The first-order valence-electron chi connectivity index (χ1n) is 5.94. The summed E-state index contributed by atoms with van der Waals surface area (Å²) in [5.74, 6) is 0.286. The molecule has 1 aromatic rings. The maximum absolute atomic E-state index is 13.3. The zero-order valence-corrected chi connectivity index (χ0v) is 10.2. The van der Waals surface area contributed by atoms with Gasteiger partial charge in [-0.05, 0) is 36.6 Å². The van der Waals surface area contributed by atoms with Crippen LogP contribution < -0.4 is 5.73 Å². The monoisotopic (exact) mass is 238 g/mol. The van der Waals surface area contributed by atoms with Crippen LogP contribution in [0.25, 0.3) is 0 Å². The second-order valence-corrected chi connectivity index (χ2v) is 4.70. The van der Waals surface area contributed by atoms with Crippen LogP contribution >= 0.6 is 0 Å². The van der Waals surface area contributed by atoms with Gasteiger partial charge >= 0.3 is 0 Å². The van der Waals surface area contributed by atoms with Gasteiger partial charge in [0.1, 0.15) is 5.82 Å². The fourth-order valence-corrected chi connectivity index (χ4v) is 2.36. The first kappa shape index (κ1) is 12.3. The molecule has 1 atom stereocenters. The van der Waals surface area contributed by atoms with E-state index in [4.69, 9.17) is 10.5 Å². The van der Waals surface area contributed by atoms with Crippen LogP contribution in [-0.4, -0.2) is 31.7 Å². The number of hydrogen-bond donors (Lipinski definition) is 1. The van der Waals surface area contributed by atoms with Crippen molar-refractivity contribution in [1.29, 1.82) is 0 Å². The Labute approximate surface area is 101 Å². The Kier molecular flexibility index (Phi) is 3.97. The minimum absolute atomic E-state index is 0.215. The van der Waals surface area contributed by atoms with Gasteiger partial charge in [0.25, 0.3) is 0 Å². The summed E-state index contributed by atoms with van der Waals surface area (Å²) in [5, 5.41) is 0. The van der Waals surface area contributed by atoms with Crippen molar-refractivity contribution in [2.45, 2.75) is 13.0 Å². The molecule has 0 bridgehead atoms. The van der Waals surface area contributed by atoms with Crippen LogP contribution in [-0.2, 0) is 11.3 Å². The van der Waals surface area contributed by atoms with Gasteiger partial charge in [-0.1, -0.05) is 6.07 Å². The van der Waals surface area contributed by atoms with Gasteiger partial charge < -0.3 is 10.5 Å². The van der Waals surface area contributed by atoms with Gasteiger partial charge in [0.15, 0.2) is 0 Å². The Hall–Kier alpha value is -1.13. The predicted octanol–water partition coefficient (Wildman–Crippen LogP) is 1.88. The van der Waals surface area contributed by atoms with E-state index in [0.717, 1.165) is 38.2 Å². The molecule has 94 valence electrons. The molecule has 2 rings (SSSR count). The molecule has 0 radical (unpaired) electrons. The zero-order valence-electron chi connectivity index (χ0n) is 10.2. The minimum atomic E-state index is -0.324. The molecule has 1 fully saturated rings. The fourth-order valence-electron chi connectivity index (χ4n) is 2.36. The van der Waals surface area contributed by atoms with Crippen molar-refractivity contribution in [2.24, 2.45) is 5.92 Å². The number of anilines is 1. The molecule has 0 amide bonds. The third-order valence-corrected chi connectivity index (χ3v) is 3.24. The summed E-state index contributed by atoms with van der Waals surface area (Å²) in [6, 6.07) is 5.05. The zero-order chi connectivity index (χ0) is 12.3. The average molecular weight is 238 g/mol. The quantitative estimate of drug-likeness (QED) is 0.814. The Bertz CT molecular complexity index is 384. The summed E-state index contributed by atoms with van der Waals surface area (Å²) < 4.78 is 18.4. The number of halogens is 1. The summed E-state index contributed by atoms with van der Waals surface area (Å²) in [7, 11) is 1.73. The first-order chi connectivity index (χ1) is 8.19. The SMILES string of the molecule is COCC1CCN(Cc2ccc(N)c(F)c2)C1. The maximum atomic E-state index is 13.3. The number of rotatable bonds is 4. The van der Waals surface area contributed by atoms with E-state index in [2.05, 4.69) is 4.90 Å². The molecular weight excluding hydrogens is 219 g/mol. The number of benzene rings is 1. The summed E-state index contributed by atoms with van der Waals surface area (Å²) >= 11 is 0. The van der Waals surface area contributed by atoms with E-state index in [-0.39, 0.29) is 11.5 Å². The number of nitrogen functional groups attached to an aromatic ring is 1.